The number of fused-ring (bicyclic) bond motifs is 2. The van der Waals surface area contributed by atoms with Gasteiger partial charge in [0.15, 0.2) is 0 Å². The number of rotatable bonds is 1. The summed E-state index contributed by atoms with van der Waals surface area (Å²) in [7, 11) is 0. The SMILES string of the molecule is O=C(O)C1C(O)C2CC3CCC2CC31. The molecule has 0 aliphatic heterocycles. The molecule has 0 saturated heterocycles. The van der Waals surface area contributed by atoms with E-state index < -0.39 is 18.0 Å². The van der Waals surface area contributed by atoms with Crippen LogP contribution >= 0.6 is 0 Å². The van der Waals surface area contributed by atoms with Gasteiger partial charge in [0.05, 0.1) is 12.0 Å². The Kier molecular flexibility index (Phi) is 1.69. The molecule has 6 atom stereocenters. The van der Waals surface area contributed by atoms with Crippen molar-refractivity contribution < 1.29 is 15.0 Å². The maximum absolute atomic E-state index is 11.1. The summed E-state index contributed by atoms with van der Waals surface area (Å²) in [6.07, 6.45) is 3.99. The van der Waals surface area contributed by atoms with Crippen LogP contribution in [-0.2, 0) is 4.79 Å². The van der Waals surface area contributed by atoms with Crippen molar-refractivity contribution in [2.45, 2.75) is 31.8 Å². The van der Waals surface area contributed by atoms with Gasteiger partial charge in [0.1, 0.15) is 0 Å². The first-order valence-corrected chi connectivity index (χ1v) is 5.59. The Hall–Kier alpha value is -0.570. The quantitative estimate of drug-likeness (QED) is 0.660. The predicted molar refractivity (Wildman–Crippen MR) is 49.6 cm³/mol. The number of hydrogen-bond donors (Lipinski definition) is 2. The zero-order chi connectivity index (χ0) is 9.87. The zero-order valence-electron chi connectivity index (χ0n) is 8.10. The maximum Gasteiger partial charge on any atom is 0.309 e. The summed E-state index contributed by atoms with van der Waals surface area (Å²) in [5.74, 6) is 0.532. The van der Waals surface area contributed by atoms with E-state index in [4.69, 9.17) is 5.11 Å². The number of aliphatic hydroxyl groups is 1. The Morgan fingerprint density at radius 2 is 1.64 bits per heavy atom. The highest BCUT2D eigenvalue weighted by Crippen LogP contribution is 2.58. The second kappa shape index (κ2) is 2.72. The van der Waals surface area contributed by atoms with E-state index in [1.54, 1.807) is 0 Å². The van der Waals surface area contributed by atoms with E-state index in [2.05, 4.69) is 0 Å². The van der Waals surface area contributed by atoms with Gasteiger partial charge in [-0.15, -0.1) is 0 Å². The molecule has 3 nitrogen and oxygen atoms in total. The molecular weight excluding hydrogens is 180 g/mol. The molecule has 14 heavy (non-hydrogen) atoms. The smallest absolute Gasteiger partial charge is 0.309 e. The predicted octanol–water partition coefficient (Wildman–Crippen LogP) is 1.11. The number of aliphatic carboxylic acids is 1. The third kappa shape index (κ3) is 0.937. The van der Waals surface area contributed by atoms with Gasteiger partial charge in [-0.25, -0.2) is 0 Å². The third-order valence-corrected chi connectivity index (χ3v) is 4.82. The van der Waals surface area contributed by atoms with Gasteiger partial charge in [-0.1, -0.05) is 0 Å². The molecule has 5 rings (SSSR count). The molecule has 0 spiro atoms. The van der Waals surface area contributed by atoms with Crippen LogP contribution in [0.1, 0.15) is 25.7 Å². The zero-order valence-corrected chi connectivity index (χ0v) is 8.10. The Balaban J connectivity index is 1.94. The summed E-state index contributed by atoms with van der Waals surface area (Å²) in [6.45, 7) is 0. The van der Waals surface area contributed by atoms with Gasteiger partial charge in [-0.05, 0) is 49.4 Å². The van der Waals surface area contributed by atoms with Crippen molar-refractivity contribution >= 4 is 5.97 Å². The molecule has 4 bridgehead atoms. The molecule has 6 unspecified atom stereocenters. The Labute approximate surface area is 83.1 Å². The summed E-state index contributed by atoms with van der Waals surface area (Å²) < 4.78 is 0. The van der Waals surface area contributed by atoms with Crippen LogP contribution in [0.25, 0.3) is 0 Å². The monoisotopic (exact) mass is 196 g/mol. The first-order chi connectivity index (χ1) is 6.68. The molecule has 5 saturated carbocycles. The van der Waals surface area contributed by atoms with Crippen molar-refractivity contribution in [3.05, 3.63) is 0 Å². The van der Waals surface area contributed by atoms with E-state index in [9.17, 15) is 9.90 Å². The van der Waals surface area contributed by atoms with E-state index >= 15 is 0 Å². The molecule has 3 heteroatoms. The lowest BCUT2D eigenvalue weighted by Crippen LogP contribution is -2.57. The van der Waals surface area contributed by atoms with E-state index in [-0.39, 0.29) is 5.92 Å². The van der Waals surface area contributed by atoms with Crippen LogP contribution in [0.5, 0.6) is 0 Å². The van der Waals surface area contributed by atoms with Crippen molar-refractivity contribution in [1.29, 1.82) is 0 Å². The van der Waals surface area contributed by atoms with Crippen LogP contribution in [0.2, 0.25) is 0 Å². The van der Waals surface area contributed by atoms with Crippen molar-refractivity contribution in [3.63, 3.8) is 0 Å². The minimum absolute atomic E-state index is 0.270. The second-order valence-corrected chi connectivity index (χ2v) is 5.25. The Morgan fingerprint density at radius 3 is 2.14 bits per heavy atom. The molecule has 0 aromatic rings. The van der Waals surface area contributed by atoms with Crippen molar-refractivity contribution in [3.8, 4) is 0 Å². The molecule has 78 valence electrons. The van der Waals surface area contributed by atoms with Gasteiger partial charge in [0, 0.05) is 0 Å². The van der Waals surface area contributed by atoms with Crippen molar-refractivity contribution in [1.82, 2.24) is 0 Å². The van der Waals surface area contributed by atoms with E-state index in [1.165, 1.54) is 12.8 Å². The molecule has 5 aliphatic rings. The summed E-state index contributed by atoms with van der Waals surface area (Å²) in [5.41, 5.74) is 0. The lowest BCUT2D eigenvalue weighted by molar-refractivity contribution is -0.179. The fourth-order valence-electron chi connectivity index (χ4n) is 4.23. The largest absolute Gasteiger partial charge is 0.481 e. The number of carboxylic acids is 1. The summed E-state index contributed by atoms with van der Waals surface area (Å²) in [5, 5.41) is 19.1. The molecule has 5 fully saturated rings. The van der Waals surface area contributed by atoms with E-state index in [0.29, 0.717) is 17.8 Å². The number of carbonyl (C=O) groups is 1. The van der Waals surface area contributed by atoms with Gasteiger partial charge >= 0.3 is 5.97 Å². The number of hydrogen-bond acceptors (Lipinski definition) is 2. The minimum atomic E-state index is -0.780. The second-order valence-electron chi connectivity index (χ2n) is 5.25. The van der Waals surface area contributed by atoms with Crippen LogP contribution < -0.4 is 0 Å². The first kappa shape index (κ1) is 8.72. The van der Waals surface area contributed by atoms with Crippen molar-refractivity contribution in [2.24, 2.45) is 29.6 Å². The van der Waals surface area contributed by atoms with Gasteiger partial charge in [0.25, 0.3) is 0 Å². The normalized spacial score (nSPS) is 54.9. The van der Waals surface area contributed by atoms with Crippen LogP contribution in [0.15, 0.2) is 0 Å². The highest BCUT2D eigenvalue weighted by Gasteiger charge is 2.57. The molecule has 0 aromatic heterocycles. The molecule has 2 N–H and O–H groups in total. The number of carboxylic acid groups (broad SMARTS) is 1. The van der Waals surface area contributed by atoms with Gasteiger partial charge < -0.3 is 10.2 Å². The molecule has 5 aliphatic carbocycles. The first-order valence-electron chi connectivity index (χ1n) is 5.59. The fourth-order valence-corrected chi connectivity index (χ4v) is 4.23. The fraction of sp³-hybridized carbons (Fsp3) is 0.909. The maximum atomic E-state index is 11.1. The van der Waals surface area contributed by atoms with Crippen LogP contribution in [0.4, 0.5) is 0 Å². The minimum Gasteiger partial charge on any atom is -0.481 e. The van der Waals surface area contributed by atoms with Gasteiger partial charge in [-0.2, -0.15) is 0 Å². The van der Waals surface area contributed by atoms with Crippen LogP contribution in [-0.4, -0.2) is 22.3 Å². The molecule has 0 heterocycles. The summed E-state index contributed by atoms with van der Waals surface area (Å²) >= 11 is 0. The van der Waals surface area contributed by atoms with E-state index in [1.807, 2.05) is 0 Å². The Morgan fingerprint density at radius 1 is 1.07 bits per heavy atom. The van der Waals surface area contributed by atoms with Crippen LogP contribution in [0.3, 0.4) is 0 Å². The molecule has 0 aromatic carbocycles. The average molecular weight is 196 g/mol. The lowest BCUT2D eigenvalue weighted by Gasteiger charge is -2.57. The van der Waals surface area contributed by atoms with Crippen molar-refractivity contribution in [2.75, 3.05) is 0 Å². The molecule has 0 amide bonds. The van der Waals surface area contributed by atoms with Gasteiger partial charge in [0.2, 0.25) is 0 Å². The lowest BCUT2D eigenvalue weighted by atomic mass is 9.48. The third-order valence-electron chi connectivity index (χ3n) is 4.82. The molecular formula is C11H16O3. The highest BCUT2D eigenvalue weighted by molar-refractivity contribution is 5.71. The van der Waals surface area contributed by atoms with E-state index in [0.717, 1.165) is 12.8 Å². The molecule has 0 radical (unpaired) electrons. The van der Waals surface area contributed by atoms with Gasteiger partial charge in [-0.3, -0.25) is 4.79 Å². The highest BCUT2D eigenvalue weighted by atomic mass is 16.4. The Bertz CT molecular complexity index is 276. The standard InChI is InChI=1S/C11H16O3/c12-10-8-4-5-1-2-6(8)3-7(5)9(10)11(13)14/h5-10,12H,1-4H2,(H,13,14). The number of aliphatic hydroxyl groups excluding tert-OH is 1. The summed E-state index contributed by atoms with van der Waals surface area (Å²) in [4.78, 5) is 11.1. The van der Waals surface area contributed by atoms with Crippen LogP contribution in [0, 0.1) is 29.6 Å². The summed E-state index contributed by atoms with van der Waals surface area (Å²) in [6, 6.07) is 0. The topological polar surface area (TPSA) is 57.5 Å². The average Bonchev–Trinajstić information content (AvgIpc) is 2.17.